The molecule has 0 unspecified atom stereocenters. The van der Waals surface area contributed by atoms with Gasteiger partial charge in [0.25, 0.3) is 0 Å². The van der Waals surface area contributed by atoms with Gasteiger partial charge in [-0.2, -0.15) is 0 Å². The van der Waals surface area contributed by atoms with Crippen molar-refractivity contribution in [3.8, 4) is 0 Å². The van der Waals surface area contributed by atoms with Crippen LogP contribution in [0.5, 0.6) is 0 Å². The summed E-state index contributed by atoms with van der Waals surface area (Å²) in [5, 5.41) is 17.5. The van der Waals surface area contributed by atoms with Crippen LogP contribution in [0.2, 0.25) is 0 Å². The van der Waals surface area contributed by atoms with Crippen LogP contribution < -0.4 is 16.0 Å². The summed E-state index contributed by atoms with van der Waals surface area (Å²) in [6.45, 7) is 8.07. The number of pyridine rings is 1. The fourth-order valence-corrected chi connectivity index (χ4v) is 2.06. The highest BCUT2D eigenvalue weighted by molar-refractivity contribution is 14.0. The topological polar surface area (TPSA) is 95.7 Å². The Kier molecular flexibility index (Phi) is 9.17. The zero-order chi connectivity index (χ0) is 17.4. The summed E-state index contributed by atoms with van der Waals surface area (Å²) in [6.07, 6.45) is 1.92. The van der Waals surface area contributed by atoms with E-state index in [1.165, 1.54) is 0 Å². The normalized spacial score (nSPS) is 11.3. The van der Waals surface area contributed by atoms with E-state index in [4.69, 9.17) is 0 Å². The van der Waals surface area contributed by atoms with Crippen LogP contribution in [0, 0.1) is 5.92 Å². The second-order valence-electron chi connectivity index (χ2n) is 5.61. The van der Waals surface area contributed by atoms with Gasteiger partial charge in [-0.3, -0.25) is 9.20 Å². The first kappa shape index (κ1) is 21.1. The second-order valence-corrected chi connectivity index (χ2v) is 5.61. The fraction of sp³-hybridized carbons (Fsp3) is 0.500. The first-order chi connectivity index (χ1) is 11.6. The van der Waals surface area contributed by atoms with E-state index >= 15 is 0 Å². The predicted octanol–water partition coefficient (Wildman–Crippen LogP) is 1.17. The first-order valence-corrected chi connectivity index (χ1v) is 8.20. The van der Waals surface area contributed by atoms with Crippen LogP contribution in [0.15, 0.2) is 29.4 Å². The number of nitrogens with zero attached hydrogens (tertiary/aromatic N) is 4. The third-order valence-electron chi connectivity index (χ3n) is 3.35. The number of aromatic nitrogens is 3. The summed E-state index contributed by atoms with van der Waals surface area (Å²) in [7, 11) is 0. The summed E-state index contributed by atoms with van der Waals surface area (Å²) >= 11 is 0. The average molecular weight is 459 g/mol. The van der Waals surface area contributed by atoms with Gasteiger partial charge in [-0.25, -0.2) is 4.99 Å². The van der Waals surface area contributed by atoms with Crippen molar-refractivity contribution in [3.63, 3.8) is 0 Å². The van der Waals surface area contributed by atoms with E-state index in [9.17, 15) is 4.79 Å². The molecule has 2 heterocycles. The van der Waals surface area contributed by atoms with Crippen LogP contribution in [0.3, 0.4) is 0 Å². The number of hydrogen-bond acceptors (Lipinski definition) is 4. The molecule has 9 heteroatoms. The van der Waals surface area contributed by atoms with Crippen LogP contribution in [-0.4, -0.2) is 46.1 Å². The summed E-state index contributed by atoms with van der Waals surface area (Å²) in [5.41, 5.74) is 0.803. The lowest BCUT2D eigenvalue weighted by atomic mass is 10.2. The number of halogens is 1. The predicted molar refractivity (Wildman–Crippen MR) is 109 cm³/mol. The van der Waals surface area contributed by atoms with Gasteiger partial charge in [0.15, 0.2) is 17.4 Å². The van der Waals surface area contributed by atoms with E-state index in [0.717, 1.165) is 18.0 Å². The number of aliphatic imine (C=N–C) groups is 1. The number of nitrogens with one attached hydrogen (secondary N) is 3. The number of guanidine groups is 1. The van der Waals surface area contributed by atoms with E-state index in [-0.39, 0.29) is 35.8 Å². The number of amides is 1. The highest BCUT2D eigenvalue weighted by Gasteiger charge is 2.06. The first-order valence-electron chi connectivity index (χ1n) is 8.20. The largest absolute Gasteiger partial charge is 0.357 e. The zero-order valence-corrected chi connectivity index (χ0v) is 17.2. The maximum Gasteiger partial charge on any atom is 0.222 e. The van der Waals surface area contributed by atoms with Crippen molar-refractivity contribution in [2.45, 2.75) is 27.3 Å². The van der Waals surface area contributed by atoms with Gasteiger partial charge >= 0.3 is 0 Å². The molecular weight excluding hydrogens is 433 g/mol. The molecule has 0 spiro atoms. The SMILES string of the molecule is CCNC(=NCc1nnc2ccccn12)NCCNC(=O)C(C)C.I. The molecule has 0 atom stereocenters. The van der Waals surface area contributed by atoms with Crippen molar-refractivity contribution >= 4 is 41.5 Å². The van der Waals surface area contributed by atoms with Crippen molar-refractivity contribution in [3.05, 3.63) is 30.2 Å². The van der Waals surface area contributed by atoms with Crippen LogP contribution in [-0.2, 0) is 11.3 Å². The standard InChI is InChI=1S/C16H25N7O.HI/c1-4-17-16(19-9-8-18-15(24)12(2)3)20-11-14-22-21-13-7-5-6-10-23(13)14;/h5-7,10,12H,4,8-9,11H2,1-3H3,(H,18,24)(H2,17,19,20);1H. The Morgan fingerprint density at radius 1 is 1.20 bits per heavy atom. The quantitative estimate of drug-likeness (QED) is 0.250. The average Bonchev–Trinajstić information content (AvgIpc) is 2.99. The van der Waals surface area contributed by atoms with Gasteiger partial charge in [0.1, 0.15) is 6.54 Å². The number of fused-ring (bicyclic) bond motifs is 1. The van der Waals surface area contributed by atoms with E-state index in [1.54, 1.807) is 0 Å². The van der Waals surface area contributed by atoms with Crippen LogP contribution >= 0.6 is 24.0 Å². The monoisotopic (exact) mass is 459 g/mol. The van der Waals surface area contributed by atoms with E-state index in [2.05, 4.69) is 31.1 Å². The maximum absolute atomic E-state index is 11.5. The summed E-state index contributed by atoms with van der Waals surface area (Å²) in [6, 6.07) is 5.76. The third kappa shape index (κ3) is 6.48. The molecule has 0 saturated carbocycles. The van der Waals surface area contributed by atoms with Crippen LogP contribution in [0.1, 0.15) is 26.6 Å². The molecule has 8 nitrogen and oxygen atoms in total. The molecular formula is C16H26IN7O. The second kappa shape index (κ2) is 10.9. The molecule has 1 amide bonds. The molecule has 0 fully saturated rings. The molecule has 2 aromatic heterocycles. The van der Waals surface area contributed by atoms with Gasteiger partial charge in [0.2, 0.25) is 5.91 Å². The Balaban J connectivity index is 0.00000312. The van der Waals surface area contributed by atoms with Crippen LogP contribution in [0.4, 0.5) is 0 Å². The highest BCUT2D eigenvalue weighted by atomic mass is 127. The Bertz CT molecular complexity index is 699. The minimum Gasteiger partial charge on any atom is -0.357 e. The fourth-order valence-electron chi connectivity index (χ4n) is 2.06. The zero-order valence-electron chi connectivity index (χ0n) is 14.8. The molecule has 0 aliphatic heterocycles. The number of carbonyl (C=O) groups is 1. The molecule has 0 aromatic carbocycles. The van der Waals surface area contributed by atoms with Crippen molar-refractivity contribution in [2.75, 3.05) is 19.6 Å². The Hall–Kier alpha value is -1.91. The highest BCUT2D eigenvalue weighted by Crippen LogP contribution is 2.03. The van der Waals surface area contributed by atoms with E-state index in [1.807, 2.05) is 49.6 Å². The van der Waals surface area contributed by atoms with E-state index < -0.39 is 0 Å². The van der Waals surface area contributed by atoms with Crippen molar-refractivity contribution in [1.82, 2.24) is 30.5 Å². The Morgan fingerprint density at radius 3 is 2.68 bits per heavy atom. The Labute approximate surface area is 164 Å². The third-order valence-corrected chi connectivity index (χ3v) is 3.35. The van der Waals surface area contributed by atoms with Gasteiger partial charge in [-0.15, -0.1) is 34.2 Å². The molecule has 0 aliphatic carbocycles. The number of hydrogen-bond donors (Lipinski definition) is 3. The minimum absolute atomic E-state index is 0. The minimum atomic E-state index is -0.00637. The lowest BCUT2D eigenvalue weighted by molar-refractivity contribution is -0.123. The van der Waals surface area contributed by atoms with Gasteiger partial charge in [0.05, 0.1) is 0 Å². The van der Waals surface area contributed by atoms with Crippen molar-refractivity contribution in [2.24, 2.45) is 10.9 Å². The van der Waals surface area contributed by atoms with Crippen molar-refractivity contribution in [1.29, 1.82) is 0 Å². The van der Waals surface area contributed by atoms with Crippen molar-refractivity contribution < 1.29 is 4.79 Å². The van der Waals surface area contributed by atoms with Gasteiger partial charge in [0, 0.05) is 31.7 Å². The molecule has 3 N–H and O–H groups in total. The number of rotatable bonds is 7. The molecule has 2 aromatic rings. The van der Waals surface area contributed by atoms with Gasteiger partial charge in [-0.05, 0) is 19.1 Å². The Morgan fingerprint density at radius 2 is 1.96 bits per heavy atom. The molecule has 0 bridgehead atoms. The molecule has 25 heavy (non-hydrogen) atoms. The van der Waals surface area contributed by atoms with E-state index in [0.29, 0.717) is 25.6 Å². The lowest BCUT2D eigenvalue weighted by Gasteiger charge is -2.12. The number of carbonyl (C=O) groups excluding carboxylic acids is 1. The molecule has 0 radical (unpaired) electrons. The smallest absolute Gasteiger partial charge is 0.222 e. The molecule has 0 aliphatic rings. The van der Waals surface area contributed by atoms with Gasteiger partial charge in [-0.1, -0.05) is 19.9 Å². The maximum atomic E-state index is 11.5. The van der Waals surface area contributed by atoms with Gasteiger partial charge < -0.3 is 16.0 Å². The molecule has 2 rings (SSSR count). The lowest BCUT2D eigenvalue weighted by Crippen LogP contribution is -2.42. The summed E-state index contributed by atoms with van der Waals surface area (Å²) < 4.78 is 1.91. The molecule has 138 valence electrons. The summed E-state index contributed by atoms with van der Waals surface area (Å²) in [5.74, 6) is 1.50. The summed E-state index contributed by atoms with van der Waals surface area (Å²) in [4.78, 5) is 16.0. The van der Waals surface area contributed by atoms with Crippen LogP contribution in [0.25, 0.3) is 5.65 Å². The molecule has 0 saturated heterocycles.